The number of aliphatic hydroxyl groups excluding tert-OH is 1. The Balaban J connectivity index is 2.36. The molecule has 88 valence electrons. The summed E-state index contributed by atoms with van der Waals surface area (Å²) in [6.45, 7) is 6.48. The maximum absolute atomic E-state index is 10.1. The standard InChI is InChI=1S/C14H21NO/c1-4-10-6-5-7-11-8-12(16)13(9(2)3)15-14(10)11/h5-7,9,12-13,15-16H,4,8H2,1-3H3. The van der Waals surface area contributed by atoms with Gasteiger partial charge in [0.15, 0.2) is 0 Å². The summed E-state index contributed by atoms with van der Waals surface area (Å²) in [4.78, 5) is 0. The number of hydrogen-bond donors (Lipinski definition) is 2. The van der Waals surface area contributed by atoms with E-state index < -0.39 is 0 Å². The van der Waals surface area contributed by atoms with Gasteiger partial charge < -0.3 is 10.4 Å². The Morgan fingerprint density at radius 2 is 2.19 bits per heavy atom. The average molecular weight is 219 g/mol. The molecule has 0 saturated carbocycles. The van der Waals surface area contributed by atoms with Gasteiger partial charge in [0, 0.05) is 12.1 Å². The zero-order chi connectivity index (χ0) is 11.7. The van der Waals surface area contributed by atoms with Gasteiger partial charge in [0.05, 0.1) is 12.1 Å². The monoisotopic (exact) mass is 219 g/mol. The maximum atomic E-state index is 10.1. The lowest BCUT2D eigenvalue weighted by Crippen LogP contribution is -2.43. The predicted molar refractivity (Wildman–Crippen MR) is 67.8 cm³/mol. The molecule has 0 aromatic heterocycles. The van der Waals surface area contributed by atoms with Gasteiger partial charge in [0.1, 0.15) is 0 Å². The molecule has 0 saturated heterocycles. The molecule has 1 aliphatic rings. The van der Waals surface area contributed by atoms with Crippen LogP contribution in [0.5, 0.6) is 0 Å². The van der Waals surface area contributed by atoms with E-state index in [-0.39, 0.29) is 12.1 Å². The van der Waals surface area contributed by atoms with Crippen LogP contribution in [0.2, 0.25) is 0 Å². The highest BCUT2D eigenvalue weighted by Gasteiger charge is 2.29. The molecule has 1 aromatic rings. The summed E-state index contributed by atoms with van der Waals surface area (Å²) < 4.78 is 0. The third-order valence-corrected chi connectivity index (χ3v) is 3.49. The van der Waals surface area contributed by atoms with Gasteiger partial charge >= 0.3 is 0 Å². The summed E-state index contributed by atoms with van der Waals surface area (Å²) in [5.41, 5.74) is 3.87. The van der Waals surface area contributed by atoms with Gasteiger partial charge in [-0.05, 0) is 23.5 Å². The van der Waals surface area contributed by atoms with Gasteiger partial charge in [-0.3, -0.25) is 0 Å². The lowest BCUT2D eigenvalue weighted by molar-refractivity contribution is 0.129. The molecule has 2 N–H and O–H groups in total. The van der Waals surface area contributed by atoms with Crippen LogP contribution in [0.25, 0.3) is 0 Å². The Morgan fingerprint density at radius 1 is 1.44 bits per heavy atom. The molecule has 2 heteroatoms. The molecule has 0 spiro atoms. The molecule has 0 amide bonds. The van der Waals surface area contributed by atoms with Gasteiger partial charge in [0.25, 0.3) is 0 Å². The van der Waals surface area contributed by atoms with Gasteiger partial charge in [-0.2, -0.15) is 0 Å². The number of aryl methyl sites for hydroxylation is 1. The van der Waals surface area contributed by atoms with Crippen LogP contribution in [0.3, 0.4) is 0 Å². The number of fused-ring (bicyclic) bond motifs is 1. The predicted octanol–water partition coefficient (Wildman–Crippen LogP) is 2.60. The molecule has 0 bridgehead atoms. The summed E-state index contributed by atoms with van der Waals surface area (Å²) in [5.74, 6) is 0.452. The molecule has 0 radical (unpaired) electrons. The quantitative estimate of drug-likeness (QED) is 0.801. The van der Waals surface area contributed by atoms with Crippen molar-refractivity contribution in [1.82, 2.24) is 0 Å². The van der Waals surface area contributed by atoms with Crippen molar-refractivity contribution in [3.05, 3.63) is 29.3 Å². The van der Waals surface area contributed by atoms with E-state index in [1.54, 1.807) is 0 Å². The number of nitrogens with one attached hydrogen (secondary N) is 1. The SMILES string of the molecule is CCc1cccc2c1NC(C(C)C)C(O)C2. The first-order chi connectivity index (χ1) is 7.63. The van der Waals surface area contributed by atoms with Crippen LogP contribution in [0, 0.1) is 5.92 Å². The highest BCUT2D eigenvalue weighted by Crippen LogP contribution is 2.31. The first-order valence-electron chi connectivity index (χ1n) is 6.18. The first-order valence-corrected chi connectivity index (χ1v) is 6.18. The second-order valence-electron chi connectivity index (χ2n) is 4.99. The minimum absolute atomic E-state index is 0.181. The van der Waals surface area contributed by atoms with Crippen molar-refractivity contribution in [1.29, 1.82) is 0 Å². The summed E-state index contributed by atoms with van der Waals surface area (Å²) >= 11 is 0. The largest absolute Gasteiger partial charge is 0.391 e. The summed E-state index contributed by atoms with van der Waals surface area (Å²) in [5, 5.41) is 13.6. The van der Waals surface area contributed by atoms with E-state index in [4.69, 9.17) is 0 Å². The third kappa shape index (κ3) is 1.94. The molecule has 1 heterocycles. The molecular weight excluding hydrogens is 198 g/mol. The van der Waals surface area contributed by atoms with E-state index in [1.807, 2.05) is 0 Å². The highest BCUT2D eigenvalue weighted by atomic mass is 16.3. The van der Waals surface area contributed by atoms with Crippen LogP contribution in [0.1, 0.15) is 31.9 Å². The topological polar surface area (TPSA) is 32.3 Å². The van der Waals surface area contributed by atoms with E-state index in [9.17, 15) is 5.11 Å². The van der Waals surface area contributed by atoms with Crippen LogP contribution in [0.15, 0.2) is 18.2 Å². The van der Waals surface area contributed by atoms with Crippen LogP contribution in [0.4, 0.5) is 5.69 Å². The lowest BCUT2D eigenvalue weighted by atomic mass is 9.87. The van der Waals surface area contributed by atoms with E-state index in [1.165, 1.54) is 16.8 Å². The number of anilines is 1. The number of benzene rings is 1. The fourth-order valence-corrected chi connectivity index (χ4v) is 2.53. The number of para-hydroxylation sites is 1. The molecule has 1 aromatic carbocycles. The molecule has 16 heavy (non-hydrogen) atoms. The maximum Gasteiger partial charge on any atom is 0.0784 e. The van der Waals surface area contributed by atoms with E-state index in [2.05, 4.69) is 44.3 Å². The molecule has 2 rings (SSSR count). The van der Waals surface area contributed by atoms with E-state index in [0.29, 0.717) is 5.92 Å². The number of hydrogen-bond acceptors (Lipinski definition) is 2. The fourth-order valence-electron chi connectivity index (χ4n) is 2.53. The number of aliphatic hydroxyl groups is 1. The molecule has 2 nitrogen and oxygen atoms in total. The minimum atomic E-state index is -0.264. The van der Waals surface area contributed by atoms with Gasteiger partial charge in [-0.25, -0.2) is 0 Å². The summed E-state index contributed by atoms with van der Waals surface area (Å²) in [6.07, 6.45) is 1.55. The molecule has 2 atom stereocenters. The minimum Gasteiger partial charge on any atom is -0.391 e. The number of rotatable bonds is 2. The van der Waals surface area contributed by atoms with E-state index in [0.717, 1.165) is 12.8 Å². The molecule has 1 aliphatic heterocycles. The smallest absolute Gasteiger partial charge is 0.0784 e. The third-order valence-electron chi connectivity index (χ3n) is 3.49. The van der Waals surface area contributed by atoms with E-state index >= 15 is 0 Å². The molecular formula is C14H21NO. The Hall–Kier alpha value is -1.02. The Bertz CT molecular complexity index is 373. The van der Waals surface area contributed by atoms with Crippen molar-refractivity contribution in [2.75, 3.05) is 5.32 Å². The summed E-state index contributed by atoms with van der Waals surface area (Å²) in [6, 6.07) is 6.55. The van der Waals surface area contributed by atoms with Crippen LogP contribution >= 0.6 is 0 Å². The second-order valence-corrected chi connectivity index (χ2v) is 4.99. The zero-order valence-electron chi connectivity index (χ0n) is 10.3. The highest BCUT2D eigenvalue weighted by molar-refractivity contribution is 5.60. The Morgan fingerprint density at radius 3 is 2.81 bits per heavy atom. The molecule has 2 unspecified atom stereocenters. The van der Waals surface area contributed by atoms with Crippen molar-refractivity contribution >= 4 is 5.69 Å². The van der Waals surface area contributed by atoms with Crippen molar-refractivity contribution < 1.29 is 5.11 Å². The Labute approximate surface area is 97.7 Å². The average Bonchev–Trinajstić information content (AvgIpc) is 2.26. The van der Waals surface area contributed by atoms with Crippen molar-refractivity contribution in [2.45, 2.75) is 45.8 Å². The normalized spacial score (nSPS) is 24.1. The zero-order valence-corrected chi connectivity index (χ0v) is 10.3. The fraction of sp³-hybridized carbons (Fsp3) is 0.571. The van der Waals surface area contributed by atoms with Crippen molar-refractivity contribution in [3.63, 3.8) is 0 Å². The Kier molecular flexibility index (Phi) is 3.20. The van der Waals surface area contributed by atoms with Gasteiger partial charge in [-0.1, -0.05) is 39.0 Å². The summed E-state index contributed by atoms with van der Waals surface area (Å²) in [7, 11) is 0. The van der Waals surface area contributed by atoms with Crippen LogP contribution in [-0.4, -0.2) is 17.3 Å². The molecule has 0 aliphatic carbocycles. The lowest BCUT2D eigenvalue weighted by Gasteiger charge is -2.35. The van der Waals surface area contributed by atoms with Crippen LogP contribution < -0.4 is 5.32 Å². The van der Waals surface area contributed by atoms with Gasteiger partial charge in [0.2, 0.25) is 0 Å². The molecule has 0 fully saturated rings. The van der Waals surface area contributed by atoms with Crippen molar-refractivity contribution in [2.24, 2.45) is 5.92 Å². The van der Waals surface area contributed by atoms with Crippen molar-refractivity contribution in [3.8, 4) is 0 Å². The first kappa shape index (κ1) is 11.5. The van der Waals surface area contributed by atoms with Crippen LogP contribution in [-0.2, 0) is 12.8 Å². The second kappa shape index (κ2) is 4.46. The van der Waals surface area contributed by atoms with Gasteiger partial charge in [-0.15, -0.1) is 0 Å².